The molecule has 416 valence electrons. The molecule has 1 amide bonds. The van der Waals surface area contributed by atoms with Gasteiger partial charge in [-0.15, -0.1) is 0 Å². The van der Waals surface area contributed by atoms with Crippen LogP contribution < -0.4 is 5.32 Å². The number of hydrogen-bond acceptors (Lipinski definition) is 10. The summed E-state index contributed by atoms with van der Waals surface area (Å²) in [5, 5.41) is 75.3. The number of aliphatic hydroxyl groups is 7. The minimum atomic E-state index is -1.66. The minimum Gasteiger partial charge on any atom is -0.394 e. The fraction of sp³-hybridized carbons (Fsp3) is 0.949. The Morgan fingerprint density at radius 1 is 0.486 bits per heavy atom. The molecule has 0 bridgehead atoms. The third-order valence-electron chi connectivity index (χ3n) is 14.8. The number of rotatable bonds is 52. The lowest BCUT2D eigenvalue weighted by molar-refractivity contribution is -0.303. The molecule has 1 aliphatic heterocycles. The lowest BCUT2D eigenvalue weighted by Crippen LogP contribution is -2.60. The van der Waals surface area contributed by atoms with Crippen molar-refractivity contribution in [1.82, 2.24) is 5.32 Å². The Morgan fingerprint density at radius 2 is 0.829 bits per heavy atom. The second-order valence-corrected chi connectivity index (χ2v) is 21.4. The molecular weight excluding hydrogens is 883 g/mol. The van der Waals surface area contributed by atoms with Crippen molar-refractivity contribution in [3.63, 3.8) is 0 Å². The fourth-order valence-corrected chi connectivity index (χ4v) is 9.91. The molecule has 1 aliphatic rings. The minimum absolute atomic E-state index is 0.263. The van der Waals surface area contributed by atoms with Crippen LogP contribution in [0.3, 0.4) is 0 Å². The molecule has 9 atom stereocenters. The first-order chi connectivity index (χ1) is 34.2. The van der Waals surface area contributed by atoms with E-state index in [1.807, 2.05) is 0 Å². The van der Waals surface area contributed by atoms with Crippen LogP contribution in [-0.2, 0) is 14.3 Å². The van der Waals surface area contributed by atoms with Crippen molar-refractivity contribution >= 4 is 5.91 Å². The Labute approximate surface area is 430 Å². The van der Waals surface area contributed by atoms with Gasteiger partial charge in [0.15, 0.2) is 6.29 Å². The Morgan fingerprint density at radius 3 is 1.20 bits per heavy atom. The molecule has 0 saturated carbocycles. The third-order valence-corrected chi connectivity index (χ3v) is 14.8. The molecule has 0 radical (unpaired) electrons. The van der Waals surface area contributed by atoms with Crippen LogP contribution in [0.2, 0.25) is 0 Å². The van der Waals surface area contributed by atoms with Crippen LogP contribution in [0.15, 0.2) is 12.2 Å². The number of unbranched alkanes of at least 4 members (excludes halogenated alkanes) is 38. The van der Waals surface area contributed by atoms with E-state index in [4.69, 9.17) is 9.47 Å². The van der Waals surface area contributed by atoms with Gasteiger partial charge < -0.3 is 50.5 Å². The van der Waals surface area contributed by atoms with Crippen molar-refractivity contribution in [3.8, 4) is 0 Å². The highest BCUT2D eigenvalue weighted by molar-refractivity contribution is 5.80. The highest BCUT2D eigenvalue weighted by atomic mass is 16.7. The Hall–Kier alpha value is -1.15. The highest BCUT2D eigenvalue weighted by Crippen LogP contribution is 2.24. The first kappa shape index (κ1) is 66.9. The van der Waals surface area contributed by atoms with Gasteiger partial charge in [0.1, 0.15) is 36.6 Å². The Bertz CT molecular complexity index is 1140. The monoisotopic (exact) mass is 998 g/mol. The van der Waals surface area contributed by atoms with E-state index in [2.05, 4.69) is 31.3 Å². The van der Waals surface area contributed by atoms with E-state index in [0.29, 0.717) is 19.3 Å². The Balaban J connectivity index is 2.00. The molecular formula is C59H115NO10. The van der Waals surface area contributed by atoms with Gasteiger partial charge in [-0.2, -0.15) is 0 Å². The molecule has 11 heteroatoms. The molecule has 0 spiro atoms. The van der Waals surface area contributed by atoms with Gasteiger partial charge in [-0.3, -0.25) is 4.79 Å². The van der Waals surface area contributed by atoms with E-state index in [0.717, 1.165) is 44.9 Å². The van der Waals surface area contributed by atoms with Gasteiger partial charge in [0.05, 0.1) is 25.4 Å². The fourth-order valence-electron chi connectivity index (χ4n) is 9.91. The van der Waals surface area contributed by atoms with Crippen molar-refractivity contribution in [3.05, 3.63) is 12.2 Å². The molecule has 11 nitrogen and oxygen atoms in total. The molecule has 1 rings (SSSR count). The lowest BCUT2D eigenvalue weighted by atomic mass is 9.98. The number of carbonyl (C=O) groups excluding carboxylic acids is 1. The summed E-state index contributed by atoms with van der Waals surface area (Å²) in [5.74, 6) is -0.698. The number of amides is 1. The number of carbonyl (C=O) groups is 1. The first-order valence-corrected chi connectivity index (χ1v) is 30.1. The molecule has 1 heterocycles. The number of aliphatic hydroxyl groups excluding tert-OH is 7. The van der Waals surface area contributed by atoms with Crippen LogP contribution in [-0.4, -0.2) is 110 Å². The summed E-state index contributed by atoms with van der Waals surface area (Å²) >= 11 is 0. The largest absolute Gasteiger partial charge is 0.394 e. The summed E-state index contributed by atoms with van der Waals surface area (Å²) in [6.45, 7) is 3.36. The predicted molar refractivity (Wildman–Crippen MR) is 289 cm³/mol. The zero-order valence-electron chi connectivity index (χ0n) is 45.5. The van der Waals surface area contributed by atoms with Crippen LogP contribution in [0.1, 0.15) is 290 Å². The van der Waals surface area contributed by atoms with Gasteiger partial charge in [-0.05, 0) is 38.5 Å². The lowest BCUT2D eigenvalue weighted by Gasteiger charge is -2.40. The maximum absolute atomic E-state index is 13.0. The number of ether oxygens (including phenoxy) is 2. The first-order valence-electron chi connectivity index (χ1n) is 30.1. The van der Waals surface area contributed by atoms with E-state index < -0.39 is 74.2 Å². The van der Waals surface area contributed by atoms with Crippen LogP contribution in [0.4, 0.5) is 0 Å². The van der Waals surface area contributed by atoms with Crippen LogP contribution >= 0.6 is 0 Å². The van der Waals surface area contributed by atoms with Gasteiger partial charge in [0, 0.05) is 0 Å². The summed E-state index contributed by atoms with van der Waals surface area (Å²) < 4.78 is 11.0. The molecule has 0 aliphatic carbocycles. The van der Waals surface area contributed by atoms with E-state index in [1.54, 1.807) is 0 Å². The zero-order valence-corrected chi connectivity index (χ0v) is 45.5. The van der Waals surface area contributed by atoms with E-state index >= 15 is 0 Å². The summed E-state index contributed by atoms with van der Waals surface area (Å²) in [4.78, 5) is 13.0. The number of allylic oxidation sites excluding steroid dienone is 2. The standard InChI is InChI=1S/C59H115NO10/c1-3-5-7-9-10-11-12-13-14-15-16-17-18-19-20-21-22-23-24-25-26-27-28-29-30-31-32-33-34-35-36-37-38-39-40-41-43-45-47-52(63)58(68)60-50(54(64)51(62)46-44-42-8-6-4-2)49-69-59-57(67)56(66)55(65)53(48-61)70-59/h25-26,50-57,59,61-67H,3-24,27-49H2,1-2H3,(H,60,68)/b26-25-. The maximum Gasteiger partial charge on any atom is 0.249 e. The van der Waals surface area contributed by atoms with Gasteiger partial charge in [-0.1, -0.05) is 264 Å². The smallest absolute Gasteiger partial charge is 0.249 e. The average molecular weight is 999 g/mol. The van der Waals surface area contributed by atoms with Gasteiger partial charge in [-0.25, -0.2) is 0 Å². The van der Waals surface area contributed by atoms with Crippen LogP contribution in [0, 0.1) is 0 Å². The number of hydrogen-bond donors (Lipinski definition) is 8. The Kier molecular flexibility index (Phi) is 46.6. The zero-order chi connectivity index (χ0) is 51.1. The van der Waals surface area contributed by atoms with Gasteiger partial charge in [0.2, 0.25) is 5.91 Å². The summed E-state index contributed by atoms with van der Waals surface area (Å²) in [6.07, 6.45) is 46.8. The SMILES string of the molecule is CCCCCCCCCCCCCCCCCCCC/C=C\CCCCCCCCCCCCCCCCCCC(O)C(=O)NC(COC1OC(CO)C(O)C(O)C1O)C(O)C(O)CCCCCCC. The molecule has 70 heavy (non-hydrogen) atoms. The number of nitrogens with one attached hydrogen (secondary N) is 1. The van der Waals surface area contributed by atoms with Crippen molar-refractivity contribution in [2.45, 2.75) is 345 Å². The predicted octanol–water partition coefficient (Wildman–Crippen LogP) is 12.7. The molecule has 9 unspecified atom stereocenters. The average Bonchev–Trinajstić information content (AvgIpc) is 3.36. The quantitative estimate of drug-likeness (QED) is 0.0215. The van der Waals surface area contributed by atoms with E-state index in [-0.39, 0.29) is 6.42 Å². The van der Waals surface area contributed by atoms with Crippen molar-refractivity contribution < 1.29 is 50.0 Å². The summed E-state index contributed by atoms with van der Waals surface area (Å²) in [7, 11) is 0. The maximum atomic E-state index is 13.0. The second-order valence-electron chi connectivity index (χ2n) is 21.4. The van der Waals surface area contributed by atoms with E-state index in [9.17, 15) is 40.5 Å². The molecule has 1 fully saturated rings. The molecule has 1 saturated heterocycles. The van der Waals surface area contributed by atoms with Gasteiger partial charge >= 0.3 is 0 Å². The molecule has 0 aromatic heterocycles. The van der Waals surface area contributed by atoms with Crippen molar-refractivity contribution in [1.29, 1.82) is 0 Å². The van der Waals surface area contributed by atoms with Crippen molar-refractivity contribution in [2.24, 2.45) is 0 Å². The summed E-state index contributed by atoms with van der Waals surface area (Å²) in [5.41, 5.74) is 0. The van der Waals surface area contributed by atoms with E-state index in [1.165, 1.54) is 205 Å². The molecule has 0 aromatic rings. The van der Waals surface area contributed by atoms with Crippen LogP contribution in [0.5, 0.6) is 0 Å². The second kappa shape index (κ2) is 48.8. The third kappa shape index (κ3) is 36.7. The van der Waals surface area contributed by atoms with Crippen LogP contribution in [0.25, 0.3) is 0 Å². The highest BCUT2D eigenvalue weighted by Gasteiger charge is 2.44. The molecule has 0 aromatic carbocycles. The van der Waals surface area contributed by atoms with Crippen molar-refractivity contribution in [2.75, 3.05) is 13.2 Å². The topological polar surface area (TPSA) is 189 Å². The normalized spacial score (nSPS) is 20.3. The van der Waals surface area contributed by atoms with Gasteiger partial charge in [0.25, 0.3) is 0 Å². The molecule has 8 N–H and O–H groups in total. The summed E-state index contributed by atoms with van der Waals surface area (Å²) in [6, 6.07) is -1.16.